The summed E-state index contributed by atoms with van der Waals surface area (Å²) in [6.07, 6.45) is 2.65. The van der Waals surface area contributed by atoms with Crippen molar-refractivity contribution in [1.82, 2.24) is 8.61 Å². The van der Waals surface area contributed by atoms with Crippen LogP contribution in [-0.2, 0) is 15.0 Å². The number of carbonyl (C=O) groups is 1. The molecule has 0 bridgehead atoms. The second-order valence-electron chi connectivity index (χ2n) is 4.88. The van der Waals surface area contributed by atoms with E-state index in [2.05, 4.69) is 6.92 Å². The van der Waals surface area contributed by atoms with Crippen molar-refractivity contribution in [3.05, 3.63) is 0 Å². The predicted molar refractivity (Wildman–Crippen MR) is 75.2 cm³/mol. The highest BCUT2D eigenvalue weighted by atomic mass is 32.2. The third-order valence-electron chi connectivity index (χ3n) is 2.89. The number of nitrogens with zero attached hydrogens (tertiary/aromatic N) is 2. The van der Waals surface area contributed by atoms with Crippen LogP contribution in [0.1, 0.15) is 46.5 Å². The van der Waals surface area contributed by atoms with Gasteiger partial charge in [-0.25, -0.2) is 0 Å². The Bertz CT molecular complexity index is 368. The fourth-order valence-electron chi connectivity index (χ4n) is 1.71. The molecule has 0 aliphatic rings. The molecular weight excluding hydrogens is 268 g/mol. The zero-order valence-corrected chi connectivity index (χ0v) is 13.1. The molecule has 114 valence electrons. The SMILES string of the molecule is CCCCCN(C(C)C)S(=O)(=O)N(C)CCC(=O)O. The number of hydrogen-bond donors (Lipinski definition) is 1. The summed E-state index contributed by atoms with van der Waals surface area (Å²) < 4.78 is 27.2. The van der Waals surface area contributed by atoms with E-state index in [9.17, 15) is 13.2 Å². The maximum Gasteiger partial charge on any atom is 0.304 e. The Morgan fingerprint density at radius 1 is 1.21 bits per heavy atom. The fourth-order valence-corrected chi connectivity index (χ4v) is 3.28. The lowest BCUT2D eigenvalue weighted by molar-refractivity contribution is -0.137. The number of unbranched alkanes of at least 4 members (excludes halogenated alkanes) is 2. The van der Waals surface area contributed by atoms with E-state index < -0.39 is 16.2 Å². The van der Waals surface area contributed by atoms with Crippen molar-refractivity contribution >= 4 is 16.2 Å². The molecule has 6 nitrogen and oxygen atoms in total. The van der Waals surface area contributed by atoms with Crippen LogP contribution in [-0.4, -0.2) is 54.3 Å². The maximum atomic E-state index is 12.3. The second-order valence-corrected chi connectivity index (χ2v) is 6.87. The van der Waals surface area contributed by atoms with Crippen molar-refractivity contribution < 1.29 is 18.3 Å². The van der Waals surface area contributed by atoms with Gasteiger partial charge in [-0.2, -0.15) is 17.0 Å². The van der Waals surface area contributed by atoms with Crippen molar-refractivity contribution in [2.75, 3.05) is 20.1 Å². The van der Waals surface area contributed by atoms with Gasteiger partial charge >= 0.3 is 5.97 Å². The molecule has 0 saturated heterocycles. The minimum Gasteiger partial charge on any atom is -0.481 e. The van der Waals surface area contributed by atoms with Crippen molar-refractivity contribution in [2.24, 2.45) is 0 Å². The van der Waals surface area contributed by atoms with Crippen LogP contribution in [0.5, 0.6) is 0 Å². The summed E-state index contributed by atoms with van der Waals surface area (Å²) in [6, 6.07) is -0.130. The maximum absolute atomic E-state index is 12.3. The Morgan fingerprint density at radius 2 is 1.79 bits per heavy atom. The van der Waals surface area contributed by atoms with Gasteiger partial charge in [-0.05, 0) is 20.3 Å². The lowest BCUT2D eigenvalue weighted by Gasteiger charge is -2.30. The third-order valence-corrected chi connectivity index (χ3v) is 5.06. The molecule has 0 aromatic rings. The van der Waals surface area contributed by atoms with Crippen LogP contribution < -0.4 is 0 Å². The van der Waals surface area contributed by atoms with Gasteiger partial charge in [0.2, 0.25) is 0 Å². The summed E-state index contributed by atoms with van der Waals surface area (Å²) in [4.78, 5) is 10.5. The summed E-state index contributed by atoms with van der Waals surface area (Å²) in [5, 5.41) is 8.61. The van der Waals surface area contributed by atoms with Crippen molar-refractivity contribution in [1.29, 1.82) is 0 Å². The molecule has 0 saturated carbocycles. The lowest BCUT2D eigenvalue weighted by Crippen LogP contribution is -2.46. The smallest absolute Gasteiger partial charge is 0.304 e. The standard InChI is InChI=1S/C12H26N2O4S/c1-5-6-7-9-14(11(2)3)19(17,18)13(4)10-8-12(15)16/h11H,5-10H2,1-4H3,(H,15,16). The van der Waals surface area contributed by atoms with E-state index in [0.29, 0.717) is 6.54 Å². The fraction of sp³-hybridized carbons (Fsp3) is 0.917. The highest BCUT2D eigenvalue weighted by Gasteiger charge is 2.28. The Kier molecular flexibility index (Phi) is 8.20. The third kappa shape index (κ3) is 6.35. The molecule has 0 spiro atoms. The van der Waals surface area contributed by atoms with Gasteiger partial charge in [0.15, 0.2) is 0 Å². The van der Waals surface area contributed by atoms with Gasteiger partial charge in [-0.15, -0.1) is 0 Å². The van der Waals surface area contributed by atoms with E-state index in [-0.39, 0.29) is 19.0 Å². The largest absolute Gasteiger partial charge is 0.481 e. The molecule has 0 heterocycles. The van der Waals surface area contributed by atoms with E-state index >= 15 is 0 Å². The molecule has 0 aromatic heterocycles. The van der Waals surface area contributed by atoms with E-state index in [1.807, 2.05) is 13.8 Å². The highest BCUT2D eigenvalue weighted by Crippen LogP contribution is 2.13. The topological polar surface area (TPSA) is 77.9 Å². The Labute approximate surface area is 116 Å². The molecule has 0 rings (SSSR count). The lowest BCUT2D eigenvalue weighted by atomic mass is 10.2. The first-order chi connectivity index (χ1) is 8.73. The van der Waals surface area contributed by atoms with Crippen LogP contribution in [0.4, 0.5) is 0 Å². The molecule has 0 amide bonds. The molecule has 0 atom stereocenters. The van der Waals surface area contributed by atoms with Gasteiger partial charge in [0, 0.05) is 26.2 Å². The summed E-state index contributed by atoms with van der Waals surface area (Å²) in [5.74, 6) is -0.996. The second kappa shape index (κ2) is 8.50. The van der Waals surface area contributed by atoms with Crippen molar-refractivity contribution in [3.63, 3.8) is 0 Å². The van der Waals surface area contributed by atoms with Crippen LogP contribution in [0.25, 0.3) is 0 Å². The number of carboxylic acid groups (broad SMARTS) is 1. The molecular formula is C12H26N2O4S. The minimum absolute atomic E-state index is 0.00529. The average Bonchev–Trinajstić information content (AvgIpc) is 2.30. The van der Waals surface area contributed by atoms with Crippen LogP contribution >= 0.6 is 0 Å². The number of carboxylic acids is 1. The van der Waals surface area contributed by atoms with Crippen molar-refractivity contribution in [2.45, 2.75) is 52.5 Å². The van der Waals surface area contributed by atoms with E-state index in [1.165, 1.54) is 11.4 Å². The predicted octanol–water partition coefficient (Wildman–Crippen LogP) is 1.54. The number of aliphatic carboxylic acids is 1. The van der Waals surface area contributed by atoms with Crippen LogP contribution in [0.2, 0.25) is 0 Å². The molecule has 0 unspecified atom stereocenters. The van der Waals surface area contributed by atoms with Gasteiger partial charge in [-0.3, -0.25) is 4.79 Å². The summed E-state index contributed by atoms with van der Waals surface area (Å²) in [5.41, 5.74) is 0. The van der Waals surface area contributed by atoms with Gasteiger partial charge in [0.05, 0.1) is 6.42 Å². The van der Waals surface area contributed by atoms with E-state index in [1.54, 1.807) is 0 Å². The average molecular weight is 294 g/mol. The number of rotatable bonds is 10. The molecule has 0 aromatic carbocycles. The van der Waals surface area contributed by atoms with E-state index in [4.69, 9.17) is 5.11 Å². The minimum atomic E-state index is -3.57. The van der Waals surface area contributed by atoms with Gasteiger partial charge in [-0.1, -0.05) is 19.8 Å². The number of hydrogen-bond acceptors (Lipinski definition) is 3. The normalized spacial score (nSPS) is 12.6. The first-order valence-corrected chi connectivity index (χ1v) is 8.08. The highest BCUT2D eigenvalue weighted by molar-refractivity contribution is 7.86. The molecule has 0 aliphatic carbocycles. The molecule has 19 heavy (non-hydrogen) atoms. The van der Waals surface area contributed by atoms with Crippen LogP contribution in [0, 0.1) is 0 Å². The molecule has 0 aliphatic heterocycles. The summed E-state index contributed by atoms with van der Waals surface area (Å²) in [7, 11) is -2.15. The molecule has 7 heteroatoms. The molecule has 0 fully saturated rings. The van der Waals surface area contributed by atoms with Gasteiger partial charge in [0.1, 0.15) is 0 Å². The van der Waals surface area contributed by atoms with Gasteiger partial charge in [0.25, 0.3) is 10.2 Å². The first-order valence-electron chi connectivity index (χ1n) is 6.68. The van der Waals surface area contributed by atoms with Crippen LogP contribution in [0.15, 0.2) is 0 Å². The van der Waals surface area contributed by atoms with Crippen molar-refractivity contribution in [3.8, 4) is 0 Å². The summed E-state index contributed by atoms with van der Waals surface area (Å²) in [6.45, 7) is 6.19. The Morgan fingerprint density at radius 3 is 2.21 bits per heavy atom. The van der Waals surface area contributed by atoms with E-state index in [0.717, 1.165) is 23.6 Å². The zero-order valence-electron chi connectivity index (χ0n) is 12.3. The molecule has 1 N–H and O–H groups in total. The monoisotopic (exact) mass is 294 g/mol. The Hall–Kier alpha value is -0.660. The Balaban J connectivity index is 4.72. The van der Waals surface area contributed by atoms with Gasteiger partial charge < -0.3 is 5.11 Å². The first kappa shape index (κ1) is 18.3. The zero-order chi connectivity index (χ0) is 15.1. The van der Waals surface area contributed by atoms with Crippen LogP contribution in [0.3, 0.4) is 0 Å². The quantitative estimate of drug-likeness (QED) is 0.620. The summed E-state index contributed by atoms with van der Waals surface area (Å²) >= 11 is 0. The molecule has 0 radical (unpaired) electrons.